The van der Waals surface area contributed by atoms with Crippen molar-refractivity contribution in [3.8, 4) is 5.69 Å². The molecule has 2 heterocycles. The van der Waals surface area contributed by atoms with Crippen molar-refractivity contribution in [3.05, 3.63) is 99.1 Å². The molecule has 2 aromatic carbocycles. The lowest BCUT2D eigenvalue weighted by atomic mass is 9.89. The average molecular weight is 503 g/mol. The van der Waals surface area contributed by atoms with Gasteiger partial charge in [-0.25, -0.2) is 0 Å². The van der Waals surface area contributed by atoms with E-state index >= 15 is 0 Å². The molecule has 3 N–H and O–H groups in total. The van der Waals surface area contributed by atoms with Crippen LogP contribution in [0.15, 0.2) is 71.8 Å². The first-order valence-electron chi connectivity index (χ1n) is 12.1. The lowest BCUT2D eigenvalue weighted by molar-refractivity contribution is 0.0863. The summed E-state index contributed by atoms with van der Waals surface area (Å²) in [5.41, 5.74) is 3.29. The summed E-state index contributed by atoms with van der Waals surface area (Å²) < 4.78 is 1.56. The third kappa shape index (κ3) is 4.79. The maximum absolute atomic E-state index is 13.1. The molecule has 0 aliphatic heterocycles. The fourth-order valence-corrected chi connectivity index (χ4v) is 5.12. The van der Waals surface area contributed by atoms with E-state index in [9.17, 15) is 14.4 Å². The Hall–Kier alpha value is -3.84. The van der Waals surface area contributed by atoms with Crippen molar-refractivity contribution < 1.29 is 9.59 Å². The summed E-state index contributed by atoms with van der Waals surface area (Å²) in [5.74, 6) is -0.374. The molecule has 5 rings (SSSR count). The SMILES string of the molecule is Cc1cc(C(=O)NC2CCCC[C@H]2NC(=O)c2ccc3c(Cl)c[nH]c3c2)ccc1-n1ccccc1=O. The molecule has 8 heteroatoms. The van der Waals surface area contributed by atoms with E-state index in [1.807, 2.05) is 13.0 Å². The van der Waals surface area contributed by atoms with Crippen LogP contribution in [0.3, 0.4) is 0 Å². The number of hydrogen-bond acceptors (Lipinski definition) is 3. The summed E-state index contributed by atoms with van der Waals surface area (Å²) in [5, 5.41) is 7.74. The van der Waals surface area contributed by atoms with Crippen molar-refractivity contribution in [1.82, 2.24) is 20.2 Å². The van der Waals surface area contributed by atoms with Crippen LogP contribution in [0.1, 0.15) is 52.0 Å². The predicted octanol–water partition coefficient (Wildman–Crippen LogP) is 4.75. The van der Waals surface area contributed by atoms with Crippen LogP contribution in [0.5, 0.6) is 0 Å². The number of carbonyl (C=O) groups excluding carboxylic acids is 2. The molecule has 4 aromatic rings. The van der Waals surface area contributed by atoms with Crippen LogP contribution < -0.4 is 16.2 Å². The summed E-state index contributed by atoms with van der Waals surface area (Å²) in [6.07, 6.45) is 6.97. The smallest absolute Gasteiger partial charge is 0.255 e. The maximum Gasteiger partial charge on any atom is 0.255 e. The minimum Gasteiger partial charge on any atom is -0.360 e. The minimum atomic E-state index is -0.196. The fraction of sp³-hybridized carbons (Fsp3) is 0.250. The van der Waals surface area contributed by atoms with Gasteiger partial charge in [-0.3, -0.25) is 19.0 Å². The van der Waals surface area contributed by atoms with Gasteiger partial charge < -0.3 is 15.6 Å². The first-order chi connectivity index (χ1) is 17.4. The van der Waals surface area contributed by atoms with Crippen molar-refractivity contribution in [1.29, 1.82) is 0 Å². The Kier molecular flexibility index (Phi) is 6.65. The second-order valence-corrected chi connectivity index (χ2v) is 9.66. The number of benzene rings is 2. The van der Waals surface area contributed by atoms with Crippen LogP contribution >= 0.6 is 11.6 Å². The molecule has 0 saturated heterocycles. The van der Waals surface area contributed by atoms with E-state index in [4.69, 9.17) is 11.6 Å². The number of H-pyrrole nitrogens is 1. The topological polar surface area (TPSA) is 96.0 Å². The van der Waals surface area contributed by atoms with Crippen LogP contribution in [0, 0.1) is 6.92 Å². The van der Waals surface area contributed by atoms with Gasteiger partial charge in [-0.15, -0.1) is 0 Å². The third-order valence-corrected chi connectivity index (χ3v) is 7.15. The lowest BCUT2D eigenvalue weighted by Gasteiger charge is -2.33. The molecule has 0 spiro atoms. The van der Waals surface area contributed by atoms with Crippen LogP contribution in [0.2, 0.25) is 5.02 Å². The fourth-order valence-electron chi connectivity index (χ4n) is 4.91. The summed E-state index contributed by atoms with van der Waals surface area (Å²) in [6, 6.07) is 15.3. The Labute approximate surface area is 213 Å². The number of pyridine rings is 1. The highest BCUT2D eigenvalue weighted by molar-refractivity contribution is 6.35. The summed E-state index contributed by atoms with van der Waals surface area (Å²) in [4.78, 5) is 41.4. The van der Waals surface area contributed by atoms with E-state index in [2.05, 4.69) is 15.6 Å². The highest BCUT2D eigenvalue weighted by Gasteiger charge is 2.28. The number of nitrogens with one attached hydrogen (secondary N) is 3. The van der Waals surface area contributed by atoms with E-state index in [0.29, 0.717) is 16.1 Å². The number of fused-ring (bicyclic) bond motifs is 1. The molecule has 2 amide bonds. The number of aromatic nitrogens is 2. The van der Waals surface area contributed by atoms with Gasteiger partial charge in [0.25, 0.3) is 17.4 Å². The van der Waals surface area contributed by atoms with Gasteiger partial charge in [0.05, 0.1) is 10.7 Å². The molecular formula is C28H27ClN4O3. The first-order valence-corrected chi connectivity index (χ1v) is 12.5. The molecule has 2 atom stereocenters. The third-order valence-electron chi connectivity index (χ3n) is 6.83. The van der Waals surface area contributed by atoms with Crippen LogP contribution in [-0.4, -0.2) is 33.4 Å². The Morgan fingerprint density at radius 3 is 2.28 bits per heavy atom. The molecule has 1 saturated carbocycles. The van der Waals surface area contributed by atoms with E-state index in [-0.39, 0.29) is 29.5 Å². The molecule has 7 nitrogen and oxygen atoms in total. The number of aromatic amines is 1. The molecule has 36 heavy (non-hydrogen) atoms. The average Bonchev–Trinajstić information content (AvgIpc) is 3.25. The quantitative estimate of drug-likeness (QED) is 0.367. The summed E-state index contributed by atoms with van der Waals surface area (Å²) in [7, 11) is 0. The highest BCUT2D eigenvalue weighted by atomic mass is 35.5. The molecular weight excluding hydrogens is 476 g/mol. The summed E-state index contributed by atoms with van der Waals surface area (Å²) >= 11 is 6.15. The second-order valence-electron chi connectivity index (χ2n) is 9.25. The number of halogens is 1. The van der Waals surface area contributed by atoms with E-state index in [1.54, 1.807) is 59.4 Å². The second kappa shape index (κ2) is 10.0. The van der Waals surface area contributed by atoms with Gasteiger partial charge in [-0.05, 0) is 61.7 Å². The van der Waals surface area contributed by atoms with Gasteiger partial charge in [0, 0.05) is 52.6 Å². The molecule has 1 unspecified atom stereocenters. The normalized spacial score (nSPS) is 17.6. The molecule has 184 valence electrons. The predicted molar refractivity (Wildman–Crippen MR) is 141 cm³/mol. The molecule has 1 aliphatic rings. The molecule has 1 aliphatic carbocycles. The standard InChI is InChI=1S/C28H27ClN4O3/c1-17-14-18(10-12-25(17)33-13-5-4-8-26(33)34)27(35)31-22-6-2-3-7-23(22)32-28(36)19-9-11-20-21(29)16-30-24(20)15-19/h4-5,8-16,22-23,30H,2-3,6-7H2,1H3,(H,31,35)(H,32,36)/t22?,23-/m1/s1. The molecule has 0 bridgehead atoms. The highest BCUT2D eigenvalue weighted by Crippen LogP contribution is 2.25. The number of hydrogen-bond donors (Lipinski definition) is 3. The molecule has 0 radical (unpaired) electrons. The largest absolute Gasteiger partial charge is 0.360 e. The Morgan fingerprint density at radius 1 is 0.944 bits per heavy atom. The minimum absolute atomic E-state index is 0.128. The number of aryl methyl sites for hydroxylation is 1. The van der Waals surface area contributed by atoms with Crippen molar-refractivity contribution in [2.75, 3.05) is 0 Å². The first kappa shape index (κ1) is 23.9. The van der Waals surface area contributed by atoms with Crippen LogP contribution in [0.4, 0.5) is 0 Å². The maximum atomic E-state index is 13.1. The zero-order chi connectivity index (χ0) is 25.2. The van der Waals surface area contributed by atoms with Crippen molar-refractivity contribution >= 4 is 34.3 Å². The Bertz CT molecular complexity index is 1510. The van der Waals surface area contributed by atoms with Crippen molar-refractivity contribution in [3.63, 3.8) is 0 Å². The zero-order valence-electron chi connectivity index (χ0n) is 19.9. The van der Waals surface area contributed by atoms with Gasteiger partial charge in [0.15, 0.2) is 0 Å². The van der Waals surface area contributed by atoms with E-state index in [1.165, 1.54) is 6.07 Å². The Balaban J connectivity index is 1.29. The van der Waals surface area contributed by atoms with Crippen molar-refractivity contribution in [2.24, 2.45) is 0 Å². The van der Waals surface area contributed by atoms with Gasteiger partial charge >= 0.3 is 0 Å². The van der Waals surface area contributed by atoms with Gasteiger partial charge in [-0.2, -0.15) is 0 Å². The number of carbonyl (C=O) groups is 2. The van der Waals surface area contributed by atoms with Crippen LogP contribution in [-0.2, 0) is 0 Å². The summed E-state index contributed by atoms with van der Waals surface area (Å²) in [6.45, 7) is 1.88. The Morgan fingerprint density at radius 2 is 1.61 bits per heavy atom. The van der Waals surface area contributed by atoms with Gasteiger partial charge in [0.1, 0.15) is 0 Å². The van der Waals surface area contributed by atoms with E-state index < -0.39 is 0 Å². The van der Waals surface area contributed by atoms with E-state index in [0.717, 1.165) is 47.8 Å². The van der Waals surface area contributed by atoms with Crippen LogP contribution in [0.25, 0.3) is 16.6 Å². The number of nitrogens with zero attached hydrogens (tertiary/aromatic N) is 1. The number of amides is 2. The number of rotatable bonds is 5. The van der Waals surface area contributed by atoms with Gasteiger partial charge in [0.2, 0.25) is 0 Å². The zero-order valence-corrected chi connectivity index (χ0v) is 20.6. The molecule has 2 aromatic heterocycles. The monoisotopic (exact) mass is 502 g/mol. The van der Waals surface area contributed by atoms with Gasteiger partial charge in [-0.1, -0.05) is 36.6 Å². The lowest BCUT2D eigenvalue weighted by Crippen LogP contribution is -2.53. The van der Waals surface area contributed by atoms with Crippen molar-refractivity contribution in [2.45, 2.75) is 44.7 Å². The molecule has 1 fully saturated rings.